The van der Waals surface area contributed by atoms with Crippen LogP contribution < -0.4 is 15.8 Å². The Hall–Kier alpha value is -2.57. The van der Waals surface area contributed by atoms with Crippen LogP contribution in [0.2, 0.25) is 0 Å². The summed E-state index contributed by atoms with van der Waals surface area (Å²) in [5.41, 5.74) is 7.32. The van der Waals surface area contributed by atoms with E-state index >= 15 is 0 Å². The van der Waals surface area contributed by atoms with Crippen LogP contribution in [0.3, 0.4) is 0 Å². The number of anilines is 2. The molecule has 0 aliphatic heterocycles. The van der Waals surface area contributed by atoms with Crippen molar-refractivity contribution in [1.29, 1.82) is 5.26 Å². The fourth-order valence-corrected chi connectivity index (χ4v) is 5.13. The normalized spacial score (nSPS) is 15.5. The Bertz CT molecular complexity index is 926. The third-order valence-electron chi connectivity index (χ3n) is 4.41. The van der Waals surface area contributed by atoms with Crippen LogP contribution in [-0.4, -0.2) is 25.6 Å². The fourth-order valence-electron chi connectivity index (χ4n) is 3.04. The van der Waals surface area contributed by atoms with Crippen LogP contribution in [-0.2, 0) is 22.4 Å². The third kappa shape index (κ3) is 3.91. The van der Waals surface area contributed by atoms with E-state index in [1.54, 1.807) is 5.38 Å². The number of hydrogen-bond acceptors (Lipinski definition) is 8. The first-order chi connectivity index (χ1) is 12.9. The predicted octanol–water partition coefficient (Wildman–Crippen LogP) is 3.19. The molecule has 2 aromatic heterocycles. The van der Waals surface area contributed by atoms with Crippen molar-refractivity contribution in [3.63, 3.8) is 0 Å². The summed E-state index contributed by atoms with van der Waals surface area (Å²) in [7, 11) is 1.33. The summed E-state index contributed by atoms with van der Waals surface area (Å²) in [5.74, 6) is -0.0410. The molecule has 142 valence electrons. The molecule has 1 aliphatic rings. The second-order valence-electron chi connectivity index (χ2n) is 6.34. The van der Waals surface area contributed by atoms with Crippen molar-refractivity contribution in [2.75, 3.05) is 24.8 Å². The van der Waals surface area contributed by atoms with Crippen molar-refractivity contribution in [2.24, 2.45) is 5.92 Å². The van der Waals surface area contributed by atoms with Gasteiger partial charge in [-0.25, -0.2) is 4.79 Å². The first-order valence-corrected chi connectivity index (χ1v) is 10.1. The maximum Gasteiger partial charge on any atom is 0.341 e. The zero-order chi connectivity index (χ0) is 19.6. The Morgan fingerprint density at radius 3 is 2.96 bits per heavy atom. The number of esters is 1. The van der Waals surface area contributed by atoms with E-state index in [1.807, 2.05) is 6.07 Å². The van der Waals surface area contributed by atoms with Crippen molar-refractivity contribution in [2.45, 2.75) is 26.2 Å². The number of thiophene rings is 2. The standard InChI is InChI=1S/C18H19N3O4S2/c1-9-3-4-10-13(5-9)27-17(15(10)18(23)24-2)21-14(22)7-25-12-8-26-16(20)11(12)6-19/h8-9H,3-5,7,20H2,1-2H3,(H,21,22)/t9-/m0/s1. The summed E-state index contributed by atoms with van der Waals surface area (Å²) in [6, 6.07) is 1.96. The van der Waals surface area contributed by atoms with Crippen LogP contribution in [0.5, 0.6) is 5.75 Å². The molecule has 1 amide bonds. The van der Waals surface area contributed by atoms with Crippen molar-refractivity contribution < 1.29 is 19.1 Å². The van der Waals surface area contributed by atoms with E-state index in [9.17, 15) is 9.59 Å². The van der Waals surface area contributed by atoms with Gasteiger partial charge in [0.05, 0.1) is 12.7 Å². The lowest BCUT2D eigenvalue weighted by Crippen LogP contribution is -2.21. The SMILES string of the molecule is COC(=O)c1c(NC(=O)COc2csc(N)c2C#N)sc2c1CC[C@H](C)C2. The number of amides is 1. The van der Waals surface area contributed by atoms with Gasteiger partial charge in [0.15, 0.2) is 12.4 Å². The average molecular weight is 406 g/mol. The third-order valence-corrected chi connectivity index (χ3v) is 6.37. The van der Waals surface area contributed by atoms with Crippen molar-refractivity contribution in [3.8, 4) is 11.8 Å². The zero-order valence-electron chi connectivity index (χ0n) is 15.0. The molecule has 0 fully saturated rings. The van der Waals surface area contributed by atoms with Gasteiger partial charge in [0.25, 0.3) is 5.91 Å². The minimum absolute atomic E-state index is 0.226. The smallest absolute Gasteiger partial charge is 0.341 e. The van der Waals surface area contributed by atoms with Gasteiger partial charge < -0.3 is 20.5 Å². The summed E-state index contributed by atoms with van der Waals surface area (Å²) in [5, 5.41) is 14.3. The molecule has 0 saturated heterocycles. The highest BCUT2D eigenvalue weighted by atomic mass is 32.1. The number of nitriles is 1. The van der Waals surface area contributed by atoms with E-state index in [2.05, 4.69) is 12.2 Å². The van der Waals surface area contributed by atoms with Crippen molar-refractivity contribution in [3.05, 3.63) is 26.9 Å². The van der Waals surface area contributed by atoms with Gasteiger partial charge in [0, 0.05) is 10.3 Å². The Kier molecular flexibility index (Phi) is 5.68. The highest BCUT2D eigenvalue weighted by molar-refractivity contribution is 7.17. The Morgan fingerprint density at radius 2 is 2.26 bits per heavy atom. The number of carbonyl (C=O) groups excluding carboxylic acids is 2. The number of ether oxygens (including phenoxy) is 2. The topological polar surface area (TPSA) is 114 Å². The minimum atomic E-state index is -0.448. The van der Waals surface area contributed by atoms with E-state index in [-0.39, 0.29) is 17.9 Å². The molecule has 3 rings (SSSR count). The molecule has 7 nitrogen and oxygen atoms in total. The molecule has 2 heterocycles. The van der Waals surface area contributed by atoms with Gasteiger partial charge in [-0.2, -0.15) is 5.26 Å². The minimum Gasteiger partial charge on any atom is -0.481 e. The van der Waals surface area contributed by atoms with Gasteiger partial charge in [0.2, 0.25) is 0 Å². The van der Waals surface area contributed by atoms with E-state index in [0.717, 1.165) is 29.7 Å². The summed E-state index contributed by atoms with van der Waals surface area (Å²) in [4.78, 5) is 25.7. The summed E-state index contributed by atoms with van der Waals surface area (Å²) in [6.45, 7) is 1.89. The molecule has 1 atom stereocenters. The Morgan fingerprint density at radius 1 is 1.48 bits per heavy atom. The van der Waals surface area contributed by atoms with Gasteiger partial charge in [-0.15, -0.1) is 22.7 Å². The number of hydrogen-bond donors (Lipinski definition) is 2. The number of carbonyl (C=O) groups is 2. The number of nitrogens with zero attached hydrogens (tertiary/aromatic N) is 1. The number of fused-ring (bicyclic) bond motifs is 1. The molecule has 9 heteroatoms. The molecule has 3 N–H and O–H groups in total. The molecule has 0 radical (unpaired) electrons. The van der Waals surface area contributed by atoms with Gasteiger partial charge in [-0.05, 0) is 30.7 Å². The highest BCUT2D eigenvalue weighted by Gasteiger charge is 2.29. The van der Waals surface area contributed by atoms with E-state index in [0.29, 0.717) is 21.5 Å². The van der Waals surface area contributed by atoms with Crippen LogP contribution in [0.15, 0.2) is 5.38 Å². The highest BCUT2D eigenvalue weighted by Crippen LogP contribution is 2.40. The first-order valence-electron chi connectivity index (χ1n) is 8.37. The maximum absolute atomic E-state index is 12.3. The Balaban J connectivity index is 1.75. The van der Waals surface area contributed by atoms with Crippen LogP contribution in [0.1, 0.15) is 39.7 Å². The molecule has 2 aromatic rings. The average Bonchev–Trinajstić information content (AvgIpc) is 3.18. The molecular weight excluding hydrogens is 386 g/mol. The fraction of sp³-hybridized carbons (Fsp3) is 0.389. The van der Waals surface area contributed by atoms with Gasteiger partial charge >= 0.3 is 5.97 Å². The molecule has 1 aliphatic carbocycles. The molecule has 0 spiro atoms. The Labute approximate surface area is 164 Å². The van der Waals surface area contributed by atoms with Gasteiger partial charge in [-0.3, -0.25) is 4.79 Å². The molecule has 0 aromatic carbocycles. The van der Waals surface area contributed by atoms with Crippen LogP contribution in [0.4, 0.5) is 10.0 Å². The number of rotatable bonds is 5. The quantitative estimate of drug-likeness (QED) is 0.738. The monoisotopic (exact) mass is 405 g/mol. The van der Waals surface area contributed by atoms with Crippen LogP contribution in [0, 0.1) is 17.2 Å². The molecule has 0 saturated carbocycles. The van der Waals surface area contributed by atoms with Crippen LogP contribution >= 0.6 is 22.7 Å². The first kappa shape index (κ1) is 19.2. The molecule has 0 unspecified atom stereocenters. The predicted molar refractivity (Wildman–Crippen MR) is 104 cm³/mol. The number of nitrogens with one attached hydrogen (secondary N) is 1. The second-order valence-corrected chi connectivity index (χ2v) is 8.35. The van der Waals surface area contributed by atoms with E-state index in [1.165, 1.54) is 29.8 Å². The summed E-state index contributed by atoms with van der Waals surface area (Å²) < 4.78 is 10.3. The molecular formula is C18H19N3O4S2. The summed E-state index contributed by atoms with van der Waals surface area (Å²) in [6.07, 6.45) is 2.68. The largest absolute Gasteiger partial charge is 0.481 e. The molecule has 27 heavy (non-hydrogen) atoms. The second kappa shape index (κ2) is 7.98. The lowest BCUT2D eigenvalue weighted by atomic mass is 9.88. The van der Waals surface area contributed by atoms with Crippen molar-refractivity contribution >= 4 is 44.6 Å². The van der Waals surface area contributed by atoms with Gasteiger partial charge in [-0.1, -0.05) is 6.92 Å². The number of nitrogen functional groups attached to an aromatic ring is 1. The lowest BCUT2D eigenvalue weighted by molar-refractivity contribution is -0.118. The number of methoxy groups -OCH3 is 1. The zero-order valence-corrected chi connectivity index (χ0v) is 16.6. The van der Waals surface area contributed by atoms with E-state index < -0.39 is 11.9 Å². The number of nitrogens with two attached hydrogens (primary N) is 1. The lowest BCUT2D eigenvalue weighted by Gasteiger charge is -2.18. The van der Waals surface area contributed by atoms with Crippen molar-refractivity contribution in [1.82, 2.24) is 0 Å². The molecule has 0 bridgehead atoms. The maximum atomic E-state index is 12.3. The summed E-state index contributed by atoms with van der Waals surface area (Å²) >= 11 is 2.59. The van der Waals surface area contributed by atoms with Gasteiger partial charge in [0.1, 0.15) is 21.6 Å². The van der Waals surface area contributed by atoms with E-state index in [4.69, 9.17) is 20.5 Å². The van der Waals surface area contributed by atoms with Crippen LogP contribution in [0.25, 0.3) is 0 Å².